The van der Waals surface area contributed by atoms with Gasteiger partial charge in [0.15, 0.2) is 0 Å². The highest BCUT2D eigenvalue weighted by Crippen LogP contribution is 2.09. The SMILES string of the molecule is CCc1ccc(NC(=O)NCC[NH+]2CCCCC2)cc1. The maximum Gasteiger partial charge on any atom is 0.319 e. The number of rotatable bonds is 5. The first-order valence-corrected chi connectivity index (χ1v) is 7.75. The summed E-state index contributed by atoms with van der Waals surface area (Å²) in [5.41, 5.74) is 2.13. The molecule has 1 saturated heterocycles. The number of aryl methyl sites for hydroxylation is 1. The number of nitrogens with one attached hydrogen (secondary N) is 3. The van der Waals surface area contributed by atoms with Crippen molar-refractivity contribution < 1.29 is 9.69 Å². The third-order valence-electron chi connectivity index (χ3n) is 3.94. The smallest absolute Gasteiger partial charge is 0.319 e. The molecule has 2 rings (SSSR count). The maximum absolute atomic E-state index is 11.8. The summed E-state index contributed by atoms with van der Waals surface area (Å²) in [7, 11) is 0. The lowest BCUT2D eigenvalue weighted by atomic mass is 10.1. The molecule has 1 aromatic rings. The Morgan fingerprint density at radius 2 is 1.85 bits per heavy atom. The van der Waals surface area contributed by atoms with Gasteiger partial charge in [0.2, 0.25) is 0 Å². The lowest BCUT2D eigenvalue weighted by molar-refractivity contribution is -0.903. The van der Waals surface area contributed by atoms with Crippen LogP contribution in [0.1, 0.15) is 31.7 Å². The van der Waals surface area contributed by atoms with Gasteiger partial charge in [0.05, 0.1) is 26.2 Å². The maximum atomic E-state index is 11.8. The van der Waals surface area contributed by atoms with Crippen LogP contribution in [0.15, 0.2) is 24.3 Å². The molecule has 4 nitrogen and oxygen atoms in total. The van der Waals surface area contributed by atoms with Gasteiger partial charge < -0.3 is 15.5 Å². The van der Waals surface area contributed by atoms with Gasteiger partial charge in [0.1, 0.15) is 0 Å². The van der Waals surface area contributed by atoms with E-state index in [2.05, 4.69) is 17.6 Å². The molecular weight excluding hydrogens is 250 g/mol. The van der Waals surface area contributed by atoms with Gasteiger partial charge in [-0.25, -0.2) is 4.79 Å². The van der Waals surface area contributed by atoms with Crippen LogP contribution in [-0.4, -0.2) is 32.2 Å². The van der Waals surface area contributed by atoms with Gasteiger partial charge in [-0.2, -0.15) is 0 Å². The van der Waals surface area contributed by atoms with Gasteiger partial charge in [0.25, 0.3) is 0 Å². The van der Waals surface area contributed by atoms with Crippen LogP contribution in [0, 0.1) is 0 Å². The number of hydrogen-bond acceptors (Lipinski definition) is 1. The second kappa shape index (κ2) is 7.90. The molecule has 20 heavy (non-hydrogen) atoms. The highest BCUT2D eigenvalue weighted by Gasteiger charge is 2.13. The van der Waals surface area contributed by atoms with Crippen LogP contribution in [0.2, 0.25) is 0 Å². The topological polar surface area (TPSA) is 45.6 Å². The Hall–Kier alpha value is -1.55. The van der Waals surface area contributed by atoms with E-state index in [1.54, 1.807) is 4.90 Å². The molecule has 1 heterocycles. The van der Waals surface area contributed by atoms with Crippen molar-refractivity contribution in [3.05, 3.63) is 29.8 Å². The molecule has 0 bridgehead atoms. The molecule has 0 spiro atoms. The van der Waals surface area contributed by atoms with Crippen LogP contribution in [0.4, 0.5) is 10.5 Å². The molecule has 1 aromatic carbocycles. The number of quaternary nitrogens is 1. The standard InChI is InChI=1S/C16H25N3O/c1-2-14-6-8-15(9-7-14)18-16(20)17-10-13-19-11-4-3-5-12-19/h6-9H,2-5,10-13H2,1H3,(H2,17,18,20)/p+1. The summed E-state index contributed by atoms with van der Waals surface area (Å²) in [5.74, 6) is 0. The first-order chi connectivity index (χ1) is 9.78. The Labute approximate surface area is 121 Å². The van der Waals surface area contributed by atoms with E-state index in [1.807, 2.05) is 24.3 Å². The molecule has 0 aliphatic carbocycles. The van der Waals surface area contributed by atoms with Gasteiger partial charge in [-0.05, 0) is 43.4 Å². The predicted octanol–water partition coefficient (Wildman–Crippen LogP) is 1.44. The van der Waals surface area contributed by atoms with E-state index < -0.39 is 0 Å². The number of piperidine rings is 1. The Kier molecular flexibility index (Phi) is 5.87. The van der Waals surface area contributed by atoms with Crippen LogP contribution in [0.5, 0.6) is 0 Å². The molecule has 3 N–H and O–H groups in total. The van der Waals surface area contributed by atoms with Crippen molar-refractivity contribution in [1.82, 2.24) is 5.32 Å². The fourth-order valence-electron chi connectivity index (χ4n) is 2.65. The van der Waals surface area contributed by atoms with Crippen LogP contribution in [-0.2, 0) is 6.42 Å². The minimum Gasteiger partial charge on any atom is -0.333 e. The third kappa shape index (κ3) is 4.85. The highest BCUT2D eigenvalue weighted by atomic mass is 16.2. The van der Waals surface area contributed by atoms with Crippen molar-refractivity contribution in [3.8, 4) is 0 Å². The number of likely N-dealkylation sites (tertiary alicyclic amines) is 1. The number of urea groups is 1. The molecule has 0 aromatic heterocycles. The zero-order chi connectivity index (χ0) is 14.2. The average molecular weight is 276 g/mol. The summed E-state index contributed by atoms with van der Waals surface area (Å²) in [6.45, 7) is 6.40. The van der Waals surface area contributed by atoms with Gasteiger partial charge in [-0.3, -0.25) is 0 Å². The fraction of sp³-hybridized carbons (Fsp3) is 0.562. The predicted molar refractivity (Wildman–Crippen MR) is 82.3 cm³/mol. The van der Waals surface area contributed by atoms with Gasteiger partial charge in [0, 0.05) is 5.69 Å². The number of hydrogen-bond donors (Lipinski definition) is 3. The number of carbonyl (C=O) groups is 1. The zero-order valence-corrected chi connectivity index (χ0v) is 12.4. The van der Waals surface area contributed by atoms with Crippen LogP contribution in [0.3, 0.4) is 0 Å². The van der Waals surface area contributed by atoms with Crippen molar-refractivity contribution in [2.75, 3.05) is 31.5 Å². The number of amides is 2. The number of carbonyl (C=O) groups excluding carboxylic acids is 1. The van der Waals surface area contributed by atoms with E-state index in [4.69, 9.17) is 0 Å². The second-order valence-corrected chi connectivity index (χ2v) is 5.49. The minimum atomic E-state index is -0.106. The van der Waals surface area contributed by atoms with Crippen molar-refractivity contribution >= 4 is 11.7 Å². The van der Waals surface area contributed by atoms with Gasteiger partial charge >= 0.3 is 6.03 Å². The minimum absolute atomic E-state index is 0.106. The van der Waals surface area contributed by atoms with Gasteiger partial charge in [-0.1, -0.05) is 19.1 Å². The Bertz CT molecular complexity index is 410. The molecule has 1 fully saturated rings. The largest absolute Gasteiger partial charge is 0.333 e. The van der Waals surface area contributed by atoms with E-state index in [-0.39, 0.29) is 6.03 Å². The lowest BCUT2D eigenvalue weighted by Crippen LogP contribution is -3.13. The van der Waals surface area contributed by atoms with E-state index in [1.165, 1.54) is 37.9 Å². The number of benzene rings is 1. The summed E-state index contributed by atoms with van der Waals surface area (Å²) in [4.78, 5) is 13.4. The average Bonchev–Trinajstić information content (AvgIpc) is 2.49. The summed E-state index contributed by atoms with van der Waals surface area (Å²) in [6.07, 6.45) is 5.03. The van der Waals surface area contributed by atoms with Crippen molar-refractivity contribution in [2.45, 2.75) is 32.6 Å². The van der Waals surface area contributed by atoms with Crippen LogP contribution < -0.4 is 15.5 Å². The molecule has 0 saturated carbocycles. The molecule has 1 aliphatic rings. The molecule has 2 amide bonds. The lowest BCUT2D eigenvalue weighted by Gasteiger charge is -2.23. The molecular formula is C16H26N3O+. The molecule has 110 valence electrons. The van der Waals surface area contributed by atoms with E-state index in [0.29, 0.717) is 0 Å². The van der Waals surface area contributed by atoms with E-state index >= 15 is 0 Å². The monoisotopic (exact) mass is 276 g/mol. The summed E-state index contributed by atoms with van der Waals surface area (Å²) >= 11 is 0. The first-order valence-electron chi connectivity index (χ1n) is 7.75. The first kappa shape index (κ1) is 14.9. The zero-order valence-electron chi connectivity index (χ0n) is 12.4. The van der Waals surface area contributed by atoms with Gasteiger partial charge in [-0.15, -0.1) is 0 Å². The highest BCUT2D eigenvalue weighted by molar-refractivity contribution is 5.89. The Morgan fingerprint density at radius 1 is 1.15 bits per heavy atom. The van der Waals surface area contributed by atoms with E-state index in [0.717, 1.165) is 25.2 Å². The Balaban J connectivity index is 1.66. The third-order valence-corrected chi connectivity index (χ3v) is 3.94. The van der Waals surface area contributed by atoms with Crippen molar-refractivity contribution in [3.63, 3.8) is 0 Å². The fourth-order valence-corrected chi connectivity index (χ4v) is 2.65. The molecule has 1 aliphatic heterocycles. The van der Waals surface area contributed by atoms with Crippen molar-refractivity contribution in [2.24, 2.45) is 0 Å². The number of anilines is 1. The summed E-state index contributed by atoms with van der Waals surface area (Å²) < 4.78 is 0. The van der Waals surface area contributed by atoms with Crippen LogP contribution >= 0.6 is 0 Å². The van der Waals surface area contributed by atoms with E-state index in [9.17, 15) is 4.79 Å². The van der Waals surface area contributed by atoms with Crippen LogP contribution in [0.25, 0.3) is 0 Å². The second-order valence-electron chi connectivity index (χ2n) is 5.49. The summed E-state index contributed by atoms with van der Waals surface area (Å²) in [6, 6.07) is 7.90. The molecule has 0 atom stereocenters. The van der Waals surface area contributed by atoms with Crippen molar-refractivity contribution in [1.29, 1.82) is 0 Å². The quantitative estimate of drug-likeness (QED) is 0.749. The molecule has 0 unspecified atom stereocenters. The molecule has 0 radical (unpaired) electrons. The normalized spacial score (nSPS) is 15.8. The Morgan fingerprint density at radius 3 is 2.50 bits per heavy atom. The summed E-state index contributed by atoms with van der Waals surface area (Å²) in [5, 5.41) is 5.81. The molecule has 4 heteroatoms.